The fourth-order valence-corrected chi connectivity index (χ4v) is 5.00. The fourth-order valence-electron chi connectivity index (χ4n) is 4.72. The van der Waals surface area contributed by atoms with Crippen LogP contribution in [0.25, 0.3) is 22.2 Å². The van der Waals surface area contributed by atoms with E-state index in [1.807, 2.05) is 34.3 Å². The van der Waals surface area contributed by atoms with Crippen LogP contribution in [0.3, 0.4) is 0 Å². The number of fused-ring (bicyclic) bond motifs is 1. The van der Waals surface area contributed by atoms with Gasteiger partial charge >= 0.3 is 0 Å². The number of pyridine rings is 1. The van der Waals surface area contributed by atoms with Crippen molar-refractivity contribution in [1.29, 1.82) is 0 Å². The molecule has 0 amide bonds. The Kier molecular flexibility index (Phi) is 3.95. The molecular weight excluding hydrogens is 328 g/mol. The zero-order valence-corrected chi connectivity index (χ0v) is 16.3. The van der Waals surface area contributed by atoms with Gasteiger partial charge in [0.15, 0.2) is 0 Å². The lowest BCUT2D eigenvalue weighted by Crippen LogP contribution is -2.26. The first-order valence-electron chi connectivity index (χ1n) is 9.02. The highest BCUT2D eigenvalue weighted by Crippen LogP contribution is 2.46. The quantitative estimate of drug-likeness (QED) is 0.653. The Morgan fingerprint density at radius 1 is 1.20 bits per heavy atom. The molecule has 1 fully saturated rings. The van der Waals surface area contributed by atoms with Crippen molar-refractivity contribution >= 4 is 23.8 Å². The molecule has 25 heavy (non-hydrogen) atoms. The first kappa shape index (κ1) is 16.7. The van der Waals surface area contributed by atoms with Crippen LogP contribution in [0.1, 0.15) is 51.5 Å². The molecule has 0 aromatic carbocycles. The van der Waals surface area contributed by atoms with E-state index in [2.05, 4.69) is 50.9 Å². The molecule has 0 saturated heterocycles. The van der Waals surface area contributed by atoms with Crippen molar-refractivity contribution in [3.05, 3.63) is 36.4 Å². The second kappa shape index (κ2) is 5.90. The van der Waals surface area contributed by atoms with Crippen molar-refractivity contribution in [2.45, 2.75) is 46.0 Å². The van der Waals surface area contributed by atoms with Gasteiger partial charge in [-0.25, -0.2) is 4.98 Å². The van der Waals surface area contributed by atoms with Crippen LogP contribution < -0.4 is 0 Å². The van der Waals surface area contributed by atoms with Gasteiger partial charge in [0.25, 0.3) is 0 Å². The van der Waals surface area contributed by atoms with Gasteiger partial charge in [0.05, 0.1) is 6.20 Å². The third kappa shape index (κ3) is 3.10. The first-order chi connectivity index (χ1) is 11.8. The van der Waals surface area contributed by atoms with Crippen LogP contribution in [0.2, 0.25) is 0 Å². The average Bonchev–Trinajstić information content (AvgIpc) is 3.09. The number of rotatable bonds is 2. The predicted molar refractivity (Wildman–Crippen MR) is 106 cm³/mol. The van der Waals surface area contributed by atoms with Crippen LogP contribution in [0.4, 0.5) is 0 Å². The normalized spacial score (nSPS) is 23.2. The summed E-state index contributed by atoms with van der Waals surface area (Å²) in [5, 5.41) is 5.48. The minimum atomic E-state index is 0.402. The predicted octanol–water partition coefficient (Wildman–Crippen LogP) is 5.06. The number of hydrogen-bond acceptors (Lipinski definition) is 3. The molecule has 3 heterocycles. The summed E-state index contributed by atoms with van der Waals surface area (Å²) in [4.78, 5) is 4.74. The van der Waals surface area contributed by atoms with Gasteiger partial charge in [-0.3, -0.25) is 8.65 Å². The summed E-state index contributed by atoms with van der Waals surface area (Å²) in [6.45, 7) is 7.17. The Bertz CT molecular complexity index is 921. The van der Waals surface area contributed by atoms with E-state index < -0.39 is 0 Å². The zero-order valence-electron chi connectivity index (χ0n) is 15.4. The molecule has 1 aliphatic rings. The van der Waals surface area contributed by atoms with Crippen molar-refractivity contribution in [1.82, 2.24) is 18.7 Å². The number of thiol groups is 1. The Morgan fingerprint density at radius 2 is 2.00 bits per heavy atom. The van der Waals surface area contributed by atoms with Crippen molar-refractivity contribution in [3.63, 3.8) is 0 Å². The second-order valence-corrected chi connectivity index (χ2v) is 8.97. The molecule has 3 aromatic rings. The summed E-state index contributed by atoms with van der Waals surface area (Å²) in [5.74, 6) is 1.34. The van der Waals surface area contributed by atoms with Crippen LogP contribution in [0.5, 0.6) is 0 Å². The van der Waals surface area contributed by atoms with E-state index in [-0.39, 0.29) is 0 Å². The van der Waals surface area contributed by atoms with E-state index in [1.165, 1.54) is 24.8 Å². The Morgan fingerprint density at radius 3 is 2.68 bits per heavy atom. The second-order valence-electron chi connectivity index (χ2n) is 8.54. The largest absolute Gasteiger partial charge is 0.277 e. The molecule has 2 unspecified atom stereocenters. The maximum atomic E-state index is 4.74. The van der Waals surface area contributed by atoms with Gasteiger partial charge in [0, 0.05) is 42.2 Å². The van der Waals surface area contributed by atoms with E-state index in [4.69, 9.17) is 4.98 Å². The maximum Gasteiger partial charge on any atom is 0.150 e. The van der Waals surface area contributed by atoms with Crippen LogP contribution in [-0.4, -0.2) is 18.7 Å². The van der Waals surface area contributed by atoms with Gasteiger partial charge < -0.3 is 0 Å². The number of aromatic nitrogens is 4. The summed E-state index contributed by atoms with van der Waals surface area (Å²) in [6, 6.07) is 2.33. The molecule has 4 nitrogen and oxygen atoms in total. The van der Waals surface area contributed by atoms with E-state index in [0.29, 0.717) is 11.3 Å². The Hall–Kier alpha value is -1.75. The van der Waals surface area contributed by atoms with Gasteiger partial charge in [-0.05, 0) is 48.1 Å². The van der Waals surface area contributed by atoms with Gasteiger partial charge in [-0.15, -0.1) is 0 Å². The van der Waals surface area contributed by atoms with Crippen LogP contribution >= 0.6 is 12.8 Å². The average molecular weight is 355 g/mol. The molecule has 0 N–H and O–H groups in total. The topological polar surface area (TPSA) is 35.6 Å². The highest BCUT2D eigenvalue weighted by Gasteiger charge is 2.33. The highest BCUT2D eigenvalue weighted by molar-refractivity contribution is 7.78. The molecule has 0 radical (unpaired) electrons. The van der Waals surface area contributed by atoms with E-state index in [9.17, 15) is 0 Å². The Labute approximate surface area is 154 Å². The molecule has 1 saturated carbocycles. The SMILES string of the molecule is CC1CC(c2cnc3c(c2)c(-c2cnn(C)c2)cn3S)CC(C)(C)C1. The van der Waals surface area contributed by atoms with Gasteiger partial charge in [-0.1, -0.05) is 33.6 Å². The third-order valence-corrected chi connectivity index (χ3v) is 5.83. The molecule has 0 aliphatic heterocycles. The standard InChI is InChI=1S/C20H26N4S/c1-13-5-14(8-20(2,3)7-13)15-6-17-18(16-10-22-23(4)11-16)12-24(25)19(17)21-9-15/h6,9-14,25H,5,7-8H2,1-4H3. The fraction of sp³-hybridized carbons (Fsp3) is 0.500. The molecule has 4 rings (SSSR count). The lowest BCUT2D eigenvalue weighted by molar-refractivity contribution is 0.168. The molecule has 0 spiro atoms. The lowest BCUT2D eigenvalue weighted by atomic mass is 9.66. The van der Waals surface area contributed by atoms with Crippen molar-refractivity contribution in [3.8, 4) is 11.1 Å². The van der Waals surface area contributed by atoms with Crippen molar-refractivity contribution < 1.29 is 0 Å². The summed E-state index contributed by atoms with van der Waals surface area (Å²) < 4.78 is 3.65. The number of hydrogen-bond donors (Lipinski definition) is 1. The number of nitrogens with zero attached hydrogens (tertiary/aromatic N) is 4. The van der Waals surface area contributed by atoms with Crippen LogP contribution in [-0.2, 0) is 7.05 Å². The maximum absolute atomic E-state index is 4.74. The highest BCUT2D eigenvalue weighted by atomic mass is 32.1. The molecule has 0 bridgehead atoms. The Balaban J connectivity index is 1.79. The van der Waals surface area contributed by atoms with Gasteiger partial charge in [0.1, 0.15) is 5.65 Å². The minimum Gasteiger partial charge on any atom is -0.277 e. The molecule has 3 aromatic heterocycles. The monoisotopic (exact) mass is 354 g/mol. The van der Waals surface area contributed by atoms with Crippen molar-refractivity contribution in [2.75, 3.05) is 0 Å². The van der Waals surface area contributed by atoms with E-state index in [0.717, 1.165) is 28.1 Å². The van der Waals surface area contributed by atoms with E-state index >= 15 is 0 Å². The van der Waals surface area contributed by atoms with Crippen LogP contribution in [0, 0.1) is 11.3 Å². The van der Waals surface area contributed by atoms with Crippen LogP contribution in [0.15, 0.2) is 30.9 Å². The first-order valence-corrected chi connectivity index (χ1v) is 9.42. The van der Waals surface area contributed by atoms with E-state index in [1.54, 1.807) is 0 Å². The summed E-state index contributed by atoms with van der Waals surface area (Å²) >= 11 is 4.56. The number of aryl methyl sites for hydroxylation is 1. The van der Waals surface area contributed by atoms with Gasteiger partial charge in [0.2, 0.25) is 0 Å². The van der Waals surface area contributed by atoms with Gasteiger partial charge in [-0.2, -0.15) is 5.10 Å². The minimum absolute atomic E-state index is 0.402. The molecular formula is C20H26N4S. The smallest absolute Gasteiger partial charge is 0.150 e. The molecule has 5 heteroatoms. The third-order valence-electron chi connectivity index (χ3n) is 5.52. The summed E-state index contributed by atoms with van der Waals surface area (Å²) in [5.41, 5.74) is 4.93. The molecule has 2 atom stereocenters. The zero-order chi connectivity index (χ0) is 17.8. The summed E-state index contributed by atoms with van der Waals surface area (Å²) in [7, 11) is 1.94. The molecule has 132 valence electrons. The lowest BCUT2D eigenvalue weighted by Gasteiger charge is -2.39. The van der Waals surface area contributed by atoms with Crippen molar-refractivity contribution in [2.24, 2.45) is 18.4 Å². The summed E-state index contributed by atoms with van der Waals surface area (Å²) in [6.07, 6.45) is 11.8. The molecule has 1 aliphatic carbocycles.